The molecule has 0 heterocycles. The molecule has 0 aromatic heterocycles. The average Bonchev–Trinajstić information content (AvgIpc) is 3.96. The number of fused-ring (bicyclic) bond motifs is 2. The van der Waals surface area contributed by atoms with Crippen LogP contribution in [-0.4, -0.2) is 9.52 Å². The Hall–Kier alpha value is -3.78. The molecule has 0 atom stereocenters. The van der Waals surface area contributed by atoms with E-state index in [1.54, 1.807) is 0 Å². The summed E-state index contributed by atoms with van der Waals surface area (Å²) in [5.41, 5.74) is 19.6. The van der Waals surface area contributed by atoms with Gasteiger partial charge >= 0.3 is 37.9 Å². The van der Waals surface area contributed by atoms with Gasteiger partial charge in [0.1, 0.15) is 0 Å². The molecule has 378 valence electrons. The predicted molar refractivity (Wildman–Crippen MR) is 322 cm³/mol. The van der Waals surface area contributed by atoms with Crippen LogP contribution in [0.1, 0.15) is 158 Å². The second-order valence-electron chi connectivity index (χ2n) is 25.8. The fourth-order valence-corrected chi connectivity index (χ4v) is 9.07. The molecule has 8 aromatic carbocycles. The predicted octanol–water partition coefficient (Wildman–Crippen LogP) is 21.7. The Morgan fingerprint density at radius 1 is 0.319 bits per heavy atom. The zero-order chi connectivity index (χ0) is 53.8. The van der Waals surface area contributed by atoms with Gasteiger partial charge in [-0.15, -0.1) is 44.8 Å². The van der Waals surface area contributed by atoms with E-state index in [-0.39, 0.29) is 32.5 Å². The van der Waals surface area contributed by atoms with Gasteiger partial charge in [0.05, 0.1) is 0 Å². The number of hydrogen-bond acceptors (Lipinski definition) is 0. The monoisotopic (exact) mass is 1090 g/mol. The SMILES string of the molecule is CC(C)(C)c1ccc(-c2ccc(-c3ccc(C(C)(C)C)cc3)c3[cH-]c(C(C)(C)C)cc23)cc1.CC(C)(C)c1ccc(-c2ccc(-c3ccc(C(C)(C)C)cc3)c3[cH-]c(C(C)(C)C)cc23)cc1.C[Si]C.[Cl][Zr+2][Cl]. The number of halogens is 2. The molecule has 72 heavy (non-hydrogen) atoms. The number of hydrogen-bond donors (Lipinski definition) is 0. The van der Waals surface area contributed by atoms with Crippen LogP contribution in [0.3, 0.4) is 0 Å². The molecule has 0 amide bonds. The van der Waals surface area contributed by atoms with Crippen molar-refractivity contribution in [1.29, 1.82) is 0 Å². The first-order valence-corrected chi connectivity index (χ1v) is 34.1. The summed E-state index contributed by atoms with van der Waals surface area (Å²) in [6, 6.07) is 55.5. The first-order valence-electron chi connectivity index (χ1n) is 25.8. The van der Waals surface area contributed by atoms with Crippen molar-refractivity contribution in [2.75, 3.05) is 0 Å². The molecule has 8 aromatic rings. The summed E-state index contributed by atoms with van der Waals surface area (Å²) in [6.07, 6.45) is 0. The summed E-state index contributed by atoms with van der Waals surface area (Å²) in [4.78, 5) is 0. The van der Waals surface area contributed by atoms with Gasteiger partial charge in [0.2, 0.25) is 0 Å². The first-order chi connectivity index (χ1) is 33.3. The van der Waals surface area contributed by atoms with Crippen LogP contribution in [-0.2, 0) is 53.3 Å². The number of rotatable bonds is 4. The second kappa shape index (κ2) is 23.4. The summed E-state index contributed by atoms with van der Waals surface area (Å²) in [6.45, 7) is 45.4. The van der Waals surface area contributed by atoms with E-state index in [0.717, 1.165) is 9.52 Å². The van der Waals surface area contributed by atoms with Gasteiger partial charge in [0, 0.05) is 9.52 Å². The van der Waals surface area contributed by atoms with Crippen molar-refractivity contribution in [2.45, 2.75) is 170 Å². The third-order valence-corrected chi connectivity index (χ3v) is 13.8. The van der Waals surface area contributed by atoms with Gasteiger partial charge in [-0.1, -0.05) is 292 Å². The quantitative estimate of drug-likeness (QED) is 0.122. The molecule has 4 heteroatoms. The zero-order valence-electron chi connectivity index (χ0n) is 47.6. The Morgan fingerprint density at radius 2 is 0.514 bits per heavy atom. The van der Waals surface area contributed by atoms with E-state index in [1.807, 2.05) is 0 Å². The van der Waals surface area contributed by atoms with Crippen LogP contribution in [0.15, 0.2) is 146 Å². The Kier molecular flexibility index (Phi) is 19.2. The summed E-state index contributed by atoms with van der Waals surface area (Å²) >= 11 is -0.826. The summed E-state index contributed by atoms with van der Waals surface area (Å²) in [7, 11) is 11.0. The van der Waals surface area contributed by atoms with Gasteiger partial charge in [-0.3, -0.25) is 0 Å². The summed E-state index contributed by atoms with van der Waals surface area (Å²) in [5, 5.41) is 5.39. The molecular weight excluding hydrogens is 1010 g/mol. The molecule has 0 unspecified atom stereocenters. The molecular formula is C68H84Cl2SiZr. The van der Waals surface area contributed by atoms with E-state index in [1.165, 1.54) is 99.4 Å². The van der Waals surface area contributed by atoms with Crippen LogP contribution >= 0.6 is 17.0 Å². The molecule has 0 saturated carbocycles. The van der Waals surface area contributed by atoms with Gasteiger partial charge in [-0.25, -0.2) is 0 Å². The summed E-state index contributed by atoms with van der Waals surface area (Å²) < 4.78 is 0. The van der Waals surface area contributed by atoms with Crippen molar-refractivity contribution >= 4 is 48.1 Å². The molecule has 0 bridgehead atoms. The van der Waals surface area contributed by atoms with Crippen molar-refractivity contribution in [3.8, 4) is 44.5 Å². The van der Waals surface area contributed by atoms with E-state index in [2.05, 4.69) is 283 Å². The fourth-order valence-electron chi connectivity index (χ4n) is 9.07. The Bertz CT molecular complexity index is 2590. The maximum absolute atomic E-state index is 4.93. The van der Waals surface area contributed by atoms with Crippen LogP contribution in [0.2, 0.25) is 13.1 Å². The molecule has 0 aliphatic heterocycles. The summed E-state index contributed by atoms with van der Waals surface area (Å²) in [5.74, 6) is 0. The van der Waals surface area contributed by atoms with Gasteiger partial charge in [-0.05, 0) is 65.9 Å². The molecule has 0 spiro atoms. The van der Waals surface area contributed by atoms with Crippen LogP contribution in [0.25, 0.3) is 66.1 Å². The Labute approximate surface area is 459 Å². The molecule has 2 radical (unpaired) electrons. The molecule has 0 saturated heterocycles. The van der Waals surface area contributed by atoms with E-state index < -0.39 is 20.8 Å². The van der Waals surface area contributed by atoms with E-state index in [0.29, 0.717) is 0 Å². The normalized spacial score (nSPS) is 12.3. The number of benzene rings is 6. The topological polar surface area (TPSA) is 0 Å². The van der Waals surface area contributed by atoms with Gasteiger partial charge < -0.3 is 0 Å². The first kappa shape index (κ1) is 59.1. The molecule has 0 N–H and O–H groups in total. The Balaban J connectivity index is 0.000000241. The van der Waals surface area contributed by atoms with Crippen LogP contribution in [0, 0.1) is 0 Å². The van der Waals surface area contributed by atoms with E-state index >= 15 is 0 Å². The third kappa shape index (κ3) is 14.7. The van der Waals surface area contributed by atoms with Crippen molar-refractivity contribution in [1.82, 2.24) is 0 Å². The molecule has 0 fully saturated rings. The molecule has 0 aliphatic rings. The van der Waals surface area contributed by atoms with Crippen molar-refractivity contribution < 1.29 is 20.8 Å². The standard InChI is InChI=1S/2C33H39.C2H6Si.2ClH.Zr/c2*1-31(2,3)24-14-10-22(11-15-24)27-18-19-28(23-12-16-25(17-13-23)32(4,5)6)30-21-26(20-29(27)30)33(7,8)9;1-3-2;;;/h2*10-21H,1-9H3;1-2H3;2*1H;/q2*-1;;;;+4/p-2. The van der Waals surface area contributed by atoms with Crippen LogP contribution in [0.4, 0.5) is 0 Å². The van der Waals surface area contributed by atoms with Gasteiger partial charge in [0.15, 0.2) is 0 Å². The van der Waals surface area contributed by atoms with Crippen LogP contribution in [0.5, 0.6) is 0 Å². The molecule has 0 aliphatic carbocycles. The van der Waals surface area contributed by atoms with Crippen molar-refractivity contribution in [2.24, 2.45) is 0 Å². The molecule has 0 nitrogen and oxygen atoms in total. The zero-order valence-corrected chi connectivity index (χ0v) is 52.6. The minimum atomic E-state index is -0.826. The fraction of sp³-hybridized carbons (Fsp3) is 0.382. The van der Waals surface area contributed by atoms with Gasteiger partial charge in [0.25, 0.3) is 0 Å². The van der Waals surface area contributed by atoms with Gasteiger partial charge in [-0.2, -0.15) is 12.1 Å². The minimum absolute atomic E-state index is 0.111. The third-order valence-electron chi connectivity index (χ3n) is 13.8. The average molecular weight is 1090 g/mol. The van der Waals surface area contributed by atoms with Crippen molar-refractivity contribution in [3.63, 3.8) is 0 Å². The van der Waals surface area contributed by atoms with Crippen LogP contribution < -0.4 is 0 Å². The van der Waals surface area contributed by atoms with E-state index in [9.17, 15) is 0 Å². The van der Waals surface area contributed by atoms with E-state index in [4.69, 9.17) is 17.0 Å². The van der Waals surface area contributed by atoms with Crippen molar-refractivity contribution in [3.05, 3.63) is 179 Å². The second-order valence-corrected chi connectivity index (χ2v) is 30.6. The maximum atomic E-state index is 4.93. The molecule has 8 rings (SSSR count). The Morgan fingerprint density at radius 3 is 0.708 bits per heavy atom.